The van der Waals surface area contributed by atoms with Crippen LogP contribution in [0.15, 0.2) is 42.6 Å². The maximum atomic E-state index is 12.5. The second kappa shape index (κ2) is 4.08. The van der Waals surface area contributed by atoms with Crippen LogP contribution in [0.3, 0.4) is 0 Å². The number of hydrogen-bond acceptors (Lipinski definition) is 2. The topological polar surface area (TPSA) is 33.1 Å². The van der Waals surface area contributed by atoms with Gasteiger partial charge in [0.2, 0.25) is 0 Å². The lowest BCUT2D eigenvalue weighted by atomic mass is 10.1. The summed E-state index contributed by atoms with van der Waals surface area (Å²) in [4.78, 5) is 3.82. The van der Waals surface area contributed by atoms with Gasteiger partial charge in [0.05, 0.1) is 11.3 Å². The number of phenolic OH excluding ortho intramolecular Hbond substituents is 1. The highest BCUT2D eigenvalue weighted by Crippen LogP contribution is 2.33. The molecule has 0 amide bonds. The number of para-hydroxylation sites is 1. The quantitative estimate of drug-likeness (QED) is 0.826. The smallest absolute Gasteiger partial charge is 0.416 e. The molecule has 0 aliphatic heterocycles. The van der Waals surface area contributed by atoms with Crippen LogP contribution in [-0.2, 0) is 6.18 Å². The molecule has 2 rings (SSSR count). The van der Waals surface area contributed by atoms with Crippen molar-refractivity contribution in [1.82, 2.24) is 4.98 Å². The monoisotopic (exact) mass is 239 g/mol. The van der Waals surface area contributed by atoms with Crippen molar-refractivity contribution in [2.24, 2.45) is 0 Å². The Balaban J connectivity index is 2.51. The first-order chi connectivity index (χ1) is 7.98. The molecule has 0 aliphatic rings. The number of alkyl halides is 3. The lowest BCUT2D eigenvalue weighted by Gasteiger charge is -2.08. The molecular weight excluding hydrogens is 231 g/mol. The summed E-state index contributed by atoms with van der Waals surface area (Å²) >= 11 is 0. The summed E-state index contributed by atoms with van der Waals surface area (Å²) in [7, 11) is 0. The van der Waals surface area contributed by atoms with E-state index in [1.165, 1.54) is 12.1 Å². The highest BCUT2D eigenvalue weighted by molar-refractivity contribution is 5.66. The zero-order chi connectivity index (χ0) is 12.5. The number of benzene rings is 1. The van der Waals surface area contributed by atoms with Crippen molar-refractivity contribution >= 4 is 0 Å². The lowest BCUT2D eigenvalue weighted by molar-refractivity contribution is -0.137. The van der Waals surface area contributed by atoms with E-state index in [0.717, 1.165) is 18.3 Å². The van der Waals surface area contributed by atoms with Gasteiger partial charge in [0.1, 0.15) is 5.75 Å². The number of hydrogen-bond donors (Lipinski definition) is 1. The molecule has 1 heterocycles. The van der Waals surface area contributed by atoms with E-state index in [1.54, 1.807) is 12.1 Å². The maximum absolute atomic E-state index is 12.5. The minimum absolute atomic E-state index is 0.0953. The van der Waals surface area contributed by atoms with Gasteiger partial charge in [-0.25, -0.2) is 0 Å². The third-order valence-electron chi connectivity index (χ3n) is 2.27. The van der Waals surface area contributed by atoms with Crippen molar-refractivity contribution in [2.45, 2.75) is 6.18 Å². The van der Waals surface area contributed by atoms with E-state index < -0.39 is 11.7 Å². The average molecular weight is 239 g/mol. The van der Waals surface area contributed by atoms with Gasteiger partial charge in [0.15, 0.2) is 0 Å². The molecular formula is C12H8F3NO. The largest absolute Gasteiger partial charge is 0.507 e. The third kappa shape index (κ3) is 2.38. The van der Waals surface area contributed by atoms with Gasteiger partial charge in [-0.3, -0.25) is 4.98 Å². The van der Waals surface area contributed by atoms with Crippen LogP contribution in [0.25, 0.3) is 11.3 Å². The Morgan fingerprint density at radius 2 is 1.76 bits per heavy atom. The van der Waals surface area contributed by atoms with Crippen LogP contribution in [0.1, 0.15) is 5.56 Å². The van der Waals surface area contributed by atoms with Gasteiger partial charge in [-0.05, 0) is 24.3 Å². The van der Waals surface area contributed by atoms with Crippen molar-refractivity contribution in [3.05, 3.63) is 48.2 Å². The van der Waals surface area contributed by atoms with E-state index in [9.17, 15) is 18.3 Å². The molecule has 0 bridgehead atoms. The molecule has 0 atom stereocenters. The molecule has 0 unspecified atom stereocenters. The minimum Gasteiger partial charge on any atom is -0.507 e. The van der Waals surface area contributed by atoms with E-state index in [4.69, 9.17) is 0 Å². The molecule has 0 spiro atoms. The number of pyridine rings is 1. The minimum atomic E-state index is -4.41. The van der Waals surface area contributed by atoms with Gasteiger partial charge in [0.25, 0.3) is 0 Å². The SMILES string of the molecule is Oc1ccccc1-c1cc(C(F)(F)F)ccn1. The van der Waals surface area contributed by atoms with E-state index in [2.05, 4.69) is 4.98 Å². The van der Waals surface area contributed by atoms with Crippen LogP contribution in [0, 0.1) is 0 Å². The van der Waals surface area contributed by atoms with Gasteiger partial charge < -0.3 is 5.11 Å². The summed E-state index contributed by atoms with van der Waals surface area (Å²) in [5.41, 5.74) is -0.415. The Bertz CT molecular complexity index is 537. The number of halogens is 3. The summed E-state index contributed by atoms with van der Waals surface area (Å²) in [6.07, 6.45) is -3.34. The Kier molecular flexibility index (Phi) is 2.75. The van der Waals surface area contributed by atoms with Gasteiger partial charge in [-0.1, -0.05) is 12.1 Å². The Morgan fingerprint density at radius 3 is 2.41 bits per heavy atom. The van der Waals surface area contributed by atoms with Crippen molar-refractivity contribution < 1.29 is 18.3 Å². The molecule has 2 nitrogen and oxygen atoms in total. The van der Waals surface area contributed by atoms with Gasteiger partial charge in [0, 0.05) is 11.8 Å². The summed E-state index contributed by atoms with van der Waals surface area (Å²) in [5, 5.41) is 9.54. The van der Waals surface area contributed by atoms with E-state index >= 15 is 0 Å². The second-order valence-corrected chi connectivity index (χ2v) is 3.44. The lowest BCUT2D eigenvalue weighted by Crippen LogP contribution is -2.05. The molecule has 17 heavy (non-hydrogen) atoms. The molecule has 1 N–H and O–H groups in total. The van der Waals surface area contributed by atoms with E-state index in [-0.39, 0.29) is 17.0 Å². The Hall–Kier alpha value is -2.04. The number of aromatic nitrogens is 1. The van der Waals surface area contributed by atoms with Crippen LogP contribution in [0.2, 0.25) is 0 Å². The third-order valence-corrected chi connectivity index (χ3v) is 2.27. The van der Waals surface area contributed by atoms with Crippen molar-refractivity contribution in [1.29, 1.82) is 0 Å². The molecule has 0 fully saturated rings. The standard InChI is InChI=1S/C12H8F3NO/c13-12(14,15)8-5-6-16-10(7-8)9-3-1-2-4-11(9)17/h1-7,17H. The predicted molar refractivity (Wildman–Crippen MR) is 56.3 cm³/mol. The molecule has 2 aromatic rings. The van der Waals surface area contributed by atoms with Crippen LogP contribution >= 0.6 is 0 Å². The predicted octanol–water partition coefficient (Wildman–Crippen LogP) is 3.47. The molecule has 0 saturated carbocycles. The first-order valence-corrected chi connectivity index (χ1v) is 4.80. The molecule has 1 aromatic heterocycles. The summed E-state index contributed by atoms with van der Waals surface area (Å²) in [6, 6.07) is 7.93. The number of nitrogens with zero attached hydrogens (tertiary/aromatic N) is 1. The molecule has 1 aromatic carbocycles. The van der Waals surface area contributed by atoms with Crippen LogP contribution in [0.4, 0.5) is 13.2 Å². The fourth-order valence-electron chi connectivity index (χ4n) is 1.44. The molecule has 0 saturated heterocycles. The van der Waals surface area contributed by atoms with Crippen LogP contribution in [-0.4, -0.2) is 10.1 Å². The van der Waals surface area contributed by atoms with Gasteiger partial charge >= 0.3 is 6.18 Å². The molecule has 5 heteroatoms. The fraction of sp³-hybridized carbons (Fsp3) is 0.0833. The van der Waals surface area contributed by atoms with Crippen molar-refractivity contribution in [2.75, 3.05) is 0 Å². The Labute approximate surface area is 95.4 Å². The van der Waals surface area contributed by atoms with Crippen molar-refractivity contribution in [3.63, 3.8) is 0 Å². The summed E-state index contributed by atoms with van der Waals surface area (Å²) in [6.45, 7) is 0. The van der Waals surface area contributed by atoms with Gasteiger partial charge in [-0.15, -0.1) is 0 Å². The first kappa shape index (κ1) is 11.4. The van der Waals surface area contributed by atoms with Crippen molar-refractivity contribution in [3.8, 4) is 17.0 Å². The molecule has 0 radical (unpaired) electrons. The second-order valence-electron chi connectivity index (χ2n) is 3.44. The molecule has 88 valence electrons. The van der Waals surface area contributed by atoms with E-state index in [1.807, 2.05) is 0 Å². The highest BCUT2D eigenvalue weighted by atomic mass is 19.4. The average Bonchev–Trinajstić information content (AvgIpc) is 2.29. The summed E-state index contributed by atoms with van der Waals surface area (Å²) < 4.78 is 37.5. The first-order valence-electron chi connectivity index (χ1n) is 4.80. The molecule has 0 aliphatic carbocycles. The van der Waals surface area contributed by atoms with E-state index in [0.29, 0.717) is 0 Å². The summed E-state index contributed by atoms with van der Waals surface area (Å²) in [5.74, 6) is -0.0978. The van der Waals surface area contributed by atoms with Crippen LogP contribution < -0.4 is 0 Å². The van der Waals surface area contributed by atoms with Gasteiger partial charge in [-0.2, -0.15) is 13.2 Å². The van der Waals surface area contributed by atoms with Crippen LogP contribution in [0.5, 0.6) is 5.75 Å². The highest BCUT2D eigenvalue weighted by Gasteiger charge is 2.30. The number of aromatic hydroxyl groups is 1. The Morgan fingerprint density at radius 1 is 1.06 bits per heavy atom. The number of phenols is 1. The zero-order valence-electron chi connectivity index (χ0n) is 8.57. The normalized spacial score (nSPS) is 11.5. The number of rotatable bonds is 1. The zero-order valence-corrected chi connectivity index (χ0v) is 8.57. The maximum Gasteiger partial charge on any atom is 0.416 e. The fourth-order valence-corrected chi connectivity index (χ4v) is 1.44.